The maximum Gasteiger partial charge on any atom is 0.270 e. The van der Waals surface area contributed by atoms with Gasteiger partial charge in [-0.1, -0.05) is 23.2 Å². The number of hydrogen-bond donors (Lipinski definition) is 1. The number of amides is 2. The Morgan fingerprint density at radius 2 is 1.75 bits per heavy atom. The first kappa shape index (κ1) is 17.1. The number of H-pyrrole nitrogens is 1. The predicted molar refractivity (Wildman–Crippen MR) is 95.7 cm³/mol. The molecule has 1 aliphatic heterocycles. The number of hydrogen-bond acceptors (Lipinski definition) is 2. The second-order valence-electron chi connectivity index (χ2n) is 6.33. The number of aromatic amines is 1. The van der Waals surface area contributed by atoms with E-state index in [-0.39, 0.29) is 23.9 Å². The summed E-state index contributed by atoms with van der Waals surface area (Å²) < 4.78 is 0. The van der Waals surface area contributed by atoms with Gasteiger partial charge in [-0.2, -0.15) is 0 Å². The number of piperazine rings is 1. The summed E-state index contributed by atoms with van der Waals surface area (Å²) in [5, 5.41) is 1.63. The minimum atomic E-state index is -0.0964. The lowest BCUT2D eigenvalue weighted by Gasteiger charge is -2.43. The molecule has 0 spiro atoms. The van der Waals surface area contributed by atoms with Gasteiger partial charge in [0.1, 0.15) is 5.69 Å². The third kappa shape index (κ3) is 2.87. The number of rotatable bonds is 1. The van der Waals surface area contributed by atoms with Crippen molar-refractivity contribution in [3.05, 3.63) is 33.9 Å². The van der Waals surface area contributed by atoms with Crippen molar-refractivity contribution in [3.63, 3.8) is 0 Å². The van der Waals surface area contributed by atoms with Crippen molar-refractivity contribution < 1.29 is 9.59 Å². The highest BCUT2D eigenvalue weighted by Crippen LogP contribution is 2.31. The molecule has 128 valence electrons. The number of nitrogens with one attached hydrogen (secondary N) is 1. The highest BCUT2D eigenvalue weighted by atomic mass is 35.5. The summed E-state index contributed by atoms with van der Waals surface area (Å²) in [6.45, 7) is 6.50. The molecule has 1 aliphatic rings. The van der Waals surface area contributed by atoms with E-state index in [1.165, 1.54) is 0 Å². The van der Waals surface area contributed by atoms with Crippen LogP contribution >= 0.6 is 23.2 Å². The average molecular weight is 368 g/mol. The van der Waals surface area contributed by atoms with Gasteiger partial charge in [-0.15, -0.1) is 0 Å². The normalized spacial score (nSPS) is 21.4. The fraction of sp³-hybridized carbons (Fsp3) is 0.412. The first-order valence-electron chi connectivity index (χ1n) is 7.84. The zero-order valence-electron chi connectivity index (χ0n) is 13.8. The Labute approximate surface area is 150 Å². The number of fused-ring (bicyclic) bond motifs is 1. The van der Waals surface area contributed by atoms with E-state index in [1.807, 2.05) is 13.8 Å². The second-order valence-corrected chi connectivity index (χ2v) is 7.12. The molecule has 0 radical (unpaired) electrons. The maximum atomic E-state index is 12.9. The number of carbonyl (C=O) groups excluding carboxylic acids is 2. The average Bonchev–Trinajstić information content (AvgIpc) is 2.97. The van der Waals surface area contributed by atoms with Crippen molar-refractivity contribution in [2.45, 2.75) is 32.9 Å². The molecule has 0 saturated carbocycles. The number of halogens is 2. The monoisotopic (exact) mass is 367 g/mol. The molecule has 1 aromatic heterocycles. The summed E-state index contributed by atoms with van der Waals surface area (Å²) in [5.41, 5.74) is 1.25. The highest BCUT2D eigenvalue weighted by Gasteiger charge is 2.34. The van der Waals surface area contributed by atoms with Gasteiger partial charge in [-0.05, 0) is 32.0 Å². The molecular weight excluding hydrogens is 349 g/mol. The van der Waals surface area contributed by atoms with Crippen LogP contribution in [0.3, 0.4) is 0 Å². The maximum absolute atomic E-state index is 12.9. The highest BCUT2D eigenvalue weighted by molar-refractivity contribution is 6.45. The summed E-state index contributed by atoms with van der Waals surface area (Å²) in [6.07, 6.45) is 0. The zero-order valence-corrected chi connectivity index (χ0v) is 15.3. The quantitative estimate of drug-likeness (QED) is 0.837. The first-order valence-corrected chi connectivity index (χ1v) is 8.60. The van der Waals surface area contributed by atoms with E-state index in [0.29, 0.717) is 28.8 Å². The molecule has 1 aromatic carbocycles. The van der Waals surface area contributed by atoms with Crippen LogP contribution in [0.1, 0.15) is 31.3 Å². The molecule has 0 aliphatic carbocycles. The van der Waals surface area contributed by atoms with Gasteiger partial charge in [0.25, 0.3) is 5.91 Å². The molecule has 1 fully saturated rings. The SMILES string of the molecule is CC(=O)N1C[C@H](C)N(C(=O)c2cc3c(Cl)c(Cl)ccc3[nH]2)C[C@H]1C. The van der Waals surface area contributed by atoms with Gasteiger partial charge in [0.15, 0.2) is 0 Å². The lowest BCUT2D eigenvalue weighted by atomic mass is 10.1. The summed E-state index contributed by atoms with van der Waals surface area (Å²) in [7, 11) is 0. The van der Waals surface area contributed by atoms with E-state index in [1.54, 1.807) is 34.9 Å². The van der Waals surface area contributed by atoms with Gasteiger partial charge in [0.2, 0.25) is 5.91 Å². The minimum absolute atomic E-state index is 0.00920. The molecule has 2 aromatic rings. The molecular formula is C17H19Cl2N3O2. The lowest BCUT2D eigenvalue weighted by Crippen LogP contribution is -2.59. The van der Waals surface area contributed by atoms with Crippen molar-refractivity contribution in [2.24, 2.45) is 0 Å². The van der Waals surface area contributed by atoms with Crippen molar-refractivity contribution >= 4 is 45.9 Å². The van der Waals surface area contributed by atoms with Crippen LogP contribution in [0.5, 0.6) is 0 Å². The number of carbonyl (C=O) groups is 2. The number of benzene rings is 1. The summed E-state index contributed by atoms with van der Waals surface area (Å²) in [4.78, 5) is 31.3. The Hall–Kier alpha value is -1.72. The fourth-order valence-corrected chi connectivity index (χ4v) is 3.64. The molecule has 1 N–H and O–H groups in total. The number of aromatic nitrogens is 1. The van der Waals surface area contributed by atoms with Crippen LogP contribution in [-0.2, 0) is 4.79 Å². The largest absolute Gasteiger partial charge is 0.350 e. The van der Waals surface area contributed by atoms with Gasteiger partial charge < -0.3 is 14.8 Å². The second kappa shape index (κ2) is 6.30. The Morgan fingerprint density at radius 1 is 1.12 bits per heavy atom. The van der Waals surface area contributed by atoms with Crippen LogP contribution in [0.2, 0.25) is 10.0 Å². The van der Waals surface area contributed by atoms with Crippen LogP contribution < -0.4 is 0 Å². The summed E-state index contributed by atoms with van der Waals surface area (Å²) >= 11 is 12.2. The third-order valence-electron chi connectivity index (χ3n) is 4.57. The zero-order chi connectivity index (χ0) is 17.6. The first-order chi connectivity index (χ1) is 11.3. The van der Waals surface area contributed by atoms with E-state index in [0.717, 1.165) is 10.9 Å². The predicted octanol–water partition coefficient (Wildman–Crippen LogP) is 3.56. The van der Waals surface area contributed by atoms with Crippen molar-refractivity contribution in [3.8, 4) is 0 Å². The van der Waals surface area contributed by atoms with Crippen LogP contribution in [0.15, 0.2) is 18.2 Å². The van der Waals surface area contributed by atoms with Gasteiger partial charge in [-0.3, -0.25) is 9.59 Å². The standard InChI is InChI=1S/C17H19Cl2N3O2/c1-9-8-22(10(2)7-21(9)11(3)23)17(24)15-6-12-14(20-15)5-4-13(18)16(12)19/h4-6,9-10,20H,7-8H2,1-3H3/t9-,10+/m1/s1. The van der Waals surface area contributed by atoms with E-state index in [4.69, 9.17) is 23.2 Å². The van der Waals surface area contributed by atoms with Crippen LogP contribution in [0.25, 0.3) is 10.9 Å². The van der Waals surface area contributed by atoms with Gasteiger partial charge in [-0.25, -0.2) is 0 Å². The van der Waals surface area contributed by atoms with Crippen LogP contribution in [-0.4, -0.2) is 51.8 Å². The molecule has 2 heterocycles. The van der Waals surface area contributed by atoms with Crippen molar-refractivity contribution in [1.29, 1.82) is 0 Å². The van der Waals surface area contributed by atoms with Crippen LogP contribution in [0.4, 0.5) is 0 Å². The molecule has 2 atom stereocenters. The minimum Gasteiger partial charge on any atom is -0.350 e. The van der Waals surface area contributed by atoms with Crippen molar-refractivity contribution in [2.75, 3.05) is 13.1 Å². The van der Waals surface area contributed by atoms with E-state index in [9.17, 15) is 9.59 Å². The van der Waals surface area contributed by atoms with Gasteiger partial charge >= 0.3 is 0 Å². The molecule has 3 rings (SSSR count). The third-order valence-corrected chi connectivity index (χ3v) is 5.39. The van der Waals surface area contributed by atoms with Crippen molar-refractivity contribution in [1.82, 2.24) is 14.8 Å². The smallest absolute Gasteiger partial charge is 0.270 e. The van der Waals surface area contributed by atoms with Crippen LogP contribution in [0, 0.1) is 0 Å². The topological polar surface area (TPSA) is 56.4 Å². The number of nitrogens with zero attached hydrogens (tertiary/aromatic N) is 2. The summed E-state index contributed by atoms with van der Waals surface area (Å²) in [5.74, 6) is -0.0607. The van der Waals surface area contributed by atoms with E-state index < -0.39 is 0 Å². The molecule has 7 heteroatoms. The summed E-state index contributed by atoms with van der Waals surface area (Å²) in [6, 6.07) is 5.18. The molecule has 5 nitrogen and oxygen atoms in total. The Morgan fingerprint density at radius 3 is 2.42 bits per heavy atom. The van der Waals surface area contributed by atoms with E-state index in [2.05, 4.69) is 4.98 Å². The Bertz CT molecular complexity index is 818. The van der Waals surface area contributed by atoms with Gasteiger partial charge in [0.05, 0.1) is 10.0 Å². The molecule has 2 amide bonds. The molecule has 0 bridgehead atoms. The fourth-order valence-electron chi connectivity index (χ4n) is 3.26. The molecule has 24 heavy (non-hydrogen) atoms. The molecule has 1 saturated heterocycles. The Kier molecular flexibility index (Phi) is 4.49. The molecule has 0 unspecified atom stereocenters. The van der Waals surface area contributed by atoms with E-state index >= 15 is 0 Å². The van der Waals surface area contributed by atoms with Gasteiger partial charge in [0, 0.05) is 43.0 Å². The Balaban J connectivity index is 1.89. The lowest BCUT2D eigenvalue weighted by molar-refractivity contribution is -0.134.